The van der Waals surface area contributed by atoms with E-state index in [1.165, 1.54) is 0 Å². The molecule has 24 heavy (non-hydrogen) atoms. The first-order chi connectivity index (χ1) is 11.7. The molecule has 1 atom stereocenters. The Morgan fingerprint density at radius 3 is 2.67 bits per heavy atom. The summed E-state index contributed by atoms with van der Waals surface area (Å²) in [6.45, 7) is 1.98. The van der Waals surface area contributed by atoms with Gasteiger partial charge in [-0.05, 0) is 48.4 Å². The van der Waals surface area contributed by atoms with Gasteiger partial charge >= 0.3 is 0 Å². The molecule has 0 spiro atoms. The molecule has 0 radical (unpaired) electrons. The van der Waals surface area contributed by atoms with E-state index in [1.54, 1.807) is 6.20 Å². The molecule has 4 rings (SSSR count). The first kappa shape index (κ1) is 14.6. The van der Waals surface area contributed by atoms with E-state index in [0.29, 0.717) is 0 Å². The van der Waals surface area contributed by atoms with E-state index in [4.69, 9.17) is 5.73 Å². The number of aromatic nitrogens is 3. The van der Waals surface area contributed by atoms with Gasteiger partial charge in [-0.15, -0.1) is 0 Å². The molecule has 0 aliphatic carbocycles. The third kappa shape index (κ3) is 2.57. The van der Waals surface area contributed by atoms with Crippen molar-refractivity contribution in [1.82, 2.24) is 14.5 Å². The minimum absolute atomic E-state index is 0.00783. The Labute approximate surface area is 140 Å². The molecule has 118 valence electrons. The highest BCUT2D eigenvalue weighted by atomic mass is 15.0. The summed E-state index contributed by atoms with van der Waals surface area (Å²) in [5.41, 5.74) is 12.4. The van der Waals surface area contributed by atoms with Crippen LogP contribution in [0.5, 0.6) is 0 Å². The third-order valence-electron chi connectivity index (χ3n) is 4.22. The van der Waals surface area contributed by atoms with E-state index in [-0.39, 0.29) is 6.04 Å². The van der Waals surface area contributed by atoms with Crippen LogP contribution in [0.1, 0.15) is 18.5 Å². The van der Waals surface area contributed by atoms with E-state index >= 15 is 0 Å². The highest BCUT2D eigenvalue weighted by Gasteiger charge is 2.08. The van der Waals surface area contributed by atoms with E-state index < -0.39 is 0 Å². The van der Waals surface area contributed by atoms with Crippen LogP contribution in [0.3, 0.4) is 0 Å². The topological polar surface area (TPSA) is 56.7 Å². The maximum Gasteiger partial charge on any atom is 0.100 e. The summed E-state index contributed by atoms with van der Waals surface area (Å²) >= 11 is 0. The molecule has 2 aromatic heterocycles. The first-order valence-corrected chi connectivity index (χ1v) is 7.96. The summed E-state index contributed by atoms with van der Waals surface area (Å²) in [5, 5.41) is 0. The maximum absolute atomic E-state index is 5.97. The van der Waals surface area contributed by atoms with Crippen molar-refractivity contribution in [2.45, 2.75) is 13.0 Å². The Morgan fingerprint density at radius 1 is 1.00 bits per heavy atom. The number of rotatable bonds is 3. The van der Waals surface area contributed by atoms with Crippen molar-refractivity contribution in [3.63, 3.8) is 0 Å². The number of benzene rings is 2. The Bertz CT molecular complexity index is 987. The molecule has 4 heteroatoms. The lowest BCUT2D eigenvalue weighted by Gasteiger charge is -2.09. The zero-order chi connectivity index (χ0) is 16.5. The Balaban J connectivity index is 1.81. The largest absolute Gasteiger partial charge is 0.324 e. The number of nitrogens with zero attached hydrogens (tertiary/aromatic N) is 3. The van der Waals surface area contributed by atoms with E-state index in [9.17, 15) is 0 Å². The fourth-order valence-electron chi connectivity index (χ4n) is 2.89. The van der Waals surface area contributed by atoms with Crippen LogP contribution in [0.2, 0.25) is 0 Å². The molecule has 0 unspecified atom stereocenters. The standard InChI is InChI=1S/C20H18N4/c1-14(21)15-7-8-20-19(11-15)23-13-24(20)18-6-2-4-16(10-18)17-5-3-9-22-12-17/h2-14H,21H2,1H3/t14-/m0/s1. The van der Waals surface area contributed by atoms with Crippen LogP contribution >= 0.6 is 0 Å². The van der Waals surface area contributed by atoms with Gasteiger partial charge < -0.3 is 5.73 Å². The van der Waals surface area contributed by atoms with Crippen LogP contribution in [0.15, 0.2) is 73.3 Å². The van der Waals surface area contributed by atoms with Crippen molar-refractivity contribution in [3.05, 3.63) is 78.9 Å². The number of hydrogen-bond donors (Lipinski definition) is 1. The molecular weight excluding hydrogens is 296 g/mol. The minimum atomic E-state index is 0.00783. The van der Waals surface area contributed by atoms with Gasteiger partial charge in [-0.2, -0.15) is 0 Å². The number of pyridine rings is 1. The minimum Gasteiger partial charge on any atom is -0.324 e. The van der Waals surface area contributed by atoms with Gasteiger partial charge in [-0.1, -0.05) is 24.3 Å². The Hall–Kier alpha value is -2.98. The summed E-state index contributed by atoms with van der Waals surface area (Å²) < 4.78 is 2.10. The lowest BCUT2D eigenvalue weighted by atomic mass is 10.1. The third-order valence-corrected chi connectivity index (χ3v) is 4.22. The Morgan fingerprint density at radius 2 is 1.88 bits per heavy atom. The lowest BCUT2D eigenvalue weighted by Crippen LogP contribution is -2.04. The summed E-state index contributed by atoms with van der Waals surface area (Å²) in [6.07, 6.45) is 5.52. The maximum atomic E-state index is 5.97. The molecule has 4 aromatic rings. The molecular formula is C20H18N4. The zero-order valence-electron chi connectivity index (χ0n) is 13.4. The van der Waals surface area contributed by atoms with Crippen molar-refractivity contribution in [2.24, 2.45) is 5.73 Å². The van der Waals surface area contributed by atoms with Crippen LogP contribution < -0.4 is 5.73 Å². The van der Waals surface area contributed by atoms with Gasteiger partial charge in [0.05, 0.1) is 11.0 Å². The zero-order valence-corrected chi connectivity index (χ0v) is 13.4. The van der Waals surface area contributed by atoms with E-state index in [2.05, 4.69) is 63.1 Å². The van der Waals surface area contributed by atoms with Crippen molar-refractivity contribution in [2.75, 3.05) is 0 Å². The van der Waals surface area contributed by atoms with Gasteiger partial charge in [0, 0.05) is 29.7 Å². The van der Waals surface area contributed by atoms with Gasteiger partial charge in [-0.25, -0.2) is 4.98 Å². The monoisotopic (exact) mass is 314 g/mol. The molecule has 0 saturated carbocycles. The van der Waals surface area contributed by atoms with Gasteiger partial charge in [0.1, 0.15) is 6.33 Å². The molecule has 0 fully saturated rings. The molecule has 0 bridgehead atoms. The van der Waals surface area contributed by atoms with Crippen molar-refractivity contribution >= 4 is 11.0 Å². The number of hydrogen-bond acceptors (Lipinski definition) is 3. The van der Waals surface area contributed by atoms with Gasteiger partial charge in [0.25, 0.3) is 0 Å². The highest BCUT2D eigenvalue weighted by molar-refractivity contribution is 5.79. The number of fused-ring (bicyclic) bond motifs is 1. The van der Waals surface area contributed by atoms with Gasteiger partial charge in [0.2, 0.25) is 0 Å². The van der Waals surface area contributed by atoms with Gasteiger partial charge in [0.15, 0.2) is 0 Å². The lowest BCUT2D eigenvalue weighted by molar-refractivity contribution is 0.819. The van der Waals surface area contributed by atoms with Crippen LogP contribution in [0, 0.1) is 0 Å². The predicted octanol–water partition coefficient (Wildman–Crippen LogP) is 4.11. The van der Waals surface area contributed by atoms with Crippen molar-refractivity contribution in [1.29, 1.82) is 0 Å². The molecule has 0 saturated heterocycles. The summed E-state index contributed by atoms with van der Waals surface area (Å²) in [4.78, 5) is 8.73. The average molecular weight is 314 g/mol. The van der Waals surface area contributed by atoms with E-state index in [1.807, 2.05) is 25.5 Å². The average Bonchev–Trinajstić information content (AvgIpc) is 3.06. The van der Waals surface area contributed by atoms with Crippen LogP contribution in [-0.4, -0.2) is 14.5 Å². The number of imidazole rings is 1. The molecule has 4 nitrogen and oxygen atoms in total. The predicted molar refractivity (Wildman–Crippen MR) is 96.9 cm³/mol. The van der Waals surface area contributed by atoms with Crippen molar-refractivity contribution < 1.29 is 0 Å². The normalized spacial score (nSPS) is 12.4. The second-order valence-corrected chi connectivity index (χ2v) is 5.94. The fraction of sp³-hybridized carbons (Fsp3) is 0.100. The van der Waals surface area contributed by atoms with Crippen LogP contribution in [0.4, 0.5) is 0 Å². The fourth-order valence-corrected chi connectivity index (χ4v) is 2.89. The quantitative estimate of drug-likeness (QED) is 0.619. The second kappa shape index (κ2) is 5.91. The summed E-state index contributed by atoms with van der Waals surface area (Å²) in [6, 6.07) is 18.6. The van der Waals surface area contributed by atoms with Crippen LogP contribution in [-0.2, 0) is 0 Å². The Kier molecular flexibility index (Phi) is 3.59. The molecule has 0 amide bonds. The molecule has 0 aliphatic rings. The van der Waals surface area contributed by atoms with E-state index in [0.717, 1.165) is 33.4 Å². The van der Waals surface area contributed by atoms with Crippen molar-refractivity contribution in [3.8, 4) is 16.8 Å². The first-order valence-electron chi connectivity index (χ1n) is 7.96. The smallest absolute Gasteiger partial charge is 0.100 e. The molecule has 2 N–H and O–H groups in total. The molecule has 2 aromatic carbocycles. The van der Waals surface area contributed by atoms with Crippen LogP contribution in [0.25, 0.3) is 27.8 Å². The number of nitrogens with two attached hydrogens (primary N) is 1. The SMILES string of the molecule is C[C@H](N)c1ccc2c(c1)ncn2-c1cccc(-c2cccnc2)c1. The molecule has 2 heterocycles. The summed E-state index contributed by atoms with van der Waals surface area (Å²) in [7, 11) is 0. The highest BCUT2D eigenvalue weighted by Crippen LogP contribution is 2.25. The molecule has 0 aliphatic heterocycles. The van der Waals surface area contributed by atoms with Gasteiger partial charge in [-0.3, -0.25) is 9.55 Å². The summed E-state index contributed by atoms with van der Waals surface area (Å²) in [5.74, 6) is 0. The second-order valence-electron chi connectivity index (χ2n) is 5.94.